The van der Waals surface area contributed by atoms with E-state index in [-0.39, 0.29) is 5.78 Å². The monoisotopic (exact) mass is 217 g/mol. The van der Waals surface area contributed by atoms with Crippen molar-refractivity contribution in [1.82, 2.24) is 4.98 Å². The summed E-state index contributed by atoms with van der Waals surface area (Å²) in [5, 5.41) is 1.12. The maximum Gasteiger partial charge on any atom is 0.140 e. The molecule has 0 atom stereocenters. The lowest BCUT2D eigenvalue weighted by Crippen LogP contribution is -1.93. The molecule has 2 nitrogen and oxygen atoms in total. The molecule has 0 N–H and O–H groups in total. The van der Waals surface area contributed by atoms with Crippen molar-refractivity contribution in [3.63, 3.8) is 0 Å². The summed E-state index contributed by atoms with van der Waals surface area (Å²) >= 11 is 1.57. The van der Waals surface area contributed by atoms with E-state index in [9.17, 15) is 4.79 Å². The van der Waals surface area contributed by atoms with Crippen LogP contribution in [0.25, 0.3) is 10.9 Å². The number of thioether (sulfide) groups is 1. The normalized spacial score (nSPS) is 10.5. The molecule has 0 radical (unpaired) electrons. The first-order valence-electron chi connectivity index (χ1n) is 4.73. The van der Waals surface area contributed by atoms with Gasteiger partial charge in [0.15, 0.2) is 0 Å². The van der Waals surface area contributed by atoms with Gasteiger partial charge in [-0.1, -0.05) is 18.2 Å². The highest BCUT2D eigenvalue weighted by atomic mass is 32.2. The van der Waals surface area contributed by atoms with Gasteiger partial charge in [-0.15, -0.1) is 11.8 Å². The Morgan fingerprint density at radius 1 is 1.33 bits per heavy atom. The molecule has 0 aliphatic rings. The van der Waals surface area contributed by atoms with Gasteiger partial charge in [0.2, 0.25) is 0 Å². The number of nitrogens with zero attached hydrogens (tertiary/aromatic N) is 1. The van der Waals surface area contributed by atoms with Crippen LogP contribution in [0.1, 0.15) is 6.92 Å². The summed E-state index contributed by atoms with van der Waals surface area (Å²) < 4.78 is 0. The summed E-state index contributed by atoms with van der Waals surface area (Å²) in [7, 11) is 0. The Balaban J connectivity index is 2.38. The van der Waals surface area contributed by atoms with Crippen molar-refractivity contribution in [3.05, 3.63) is 36.5 Å². The number of hydrogen-bond donors (Lipinski definition) is 0. The molecule has 1 heterocycles. The number of fused-ring (bicyclic) bond motifs is 1. The van der Waals surface area contributed by atoms with Gasteiger partial charge in [-0.2, -0.15) is 0 Å². The largest absolute Gasteiger partial charge is 0.299 e. The van der Waals surface area contributed by atoms with Gasteiger partial charge < -0.3 is 0 Å². The molecule has 1 aromatic carbocycles. The molecular weight excluding hydrogens is 206 g/mol. The predicted molar refractivity (Wildman–Crippen MR) is 63.1 cm³/mol. The van der Waals surface area contributed by atoms with Gasteiger partial charge in [-0.05, 0) is 19.1 Å². The van der Waals surface area contributed by atoms with Gasteiger partial charge in [-0.3, -0.25) is 9.78 Å². The van der Waals surface area contributed by atoms with E-state index >= 15 is 0 Å². The fourth-order valence-electron chi connectivity index (χ4n) is 1.37. The van der Waals surface area contributed by atoms with Crippen molar-refractivity contribution < 1.29 is 4.79 Å². The van der Waals surface area contributed by atoms with Crippen molar-refractivity contribution in [3.8, 4) is 0 Å². The minimum absolute atomic E-state index is 0.195. The van der Waals surface area contributed by atoms with Gasteiger partial charge in [0, 0.05) is 16.5 Å². The smallest absolute Gasteiger partial charge is 0.140 e. The van der Waals surface area contributed by atoms with Gasteiger partial charge in [0.1, 0.15) is 5.78 Å². The topological polar surface area (TPSA) is 30.0 Å². The number of carbonyl (C=O) groups excluding carboxylic acids is 1. The van der Waals surface area contributed by atoms with Crippen LogP contribution in [-0.2, 0) is 4.79 Å². The molecule has 2 rings (SSSR count). The number of pyridine rings is 1. The van der Waals surface area contributed by atoms with Crippen LogP contribution in [-0.4, -0.2) is 16.5 Å². The second kappa shape index (κ2) is 4.45. The molecule has 0 aliphatic carbocycles. The molecule has 0 aliphatic heterocycles. The van der Waals surface area contributed by atoms with Crippen LogP contribution in [0.15, 0.2) is 41.4 Å². The number of aromatic nitrogens is 1. The number of rotatable bonds is 3. The van der Waals surface area contributed by atoms with Gasteiger partial charge in [0.05, 0.1) is 11.3 Å². The molecule has 0 fully saturated rings. The summed E-state index contributed by atoms with van der Waals surface area (Å²) in [5.74, 6) is 0.717. The average Bonchev–Trinajstić information content (AvgIpc) is 2.26. The third kappa shape index (κ3) is 2.36. The fraction of sp³-hybridized carbons (Fsp3) is 0.167. The standard InChI is InChI=1S/C12H11NOS/c1-9(14)8-15-12-6-7-13-11-5-3-2-4-10(11)12/h2-7H,8H2,1H3. The molecular formula is C12H11NOS. The number of Topliss-reactive ketones (excluding diaryl/α,β-unsaturated/α-hetero) is 1. The second-order valence-corrected chi connectivity index (χ2v) is 4.33. The molecule has 1 aromatic heterocycles. The third-order valence-corrected chi connectivity index (χ3v) is 3.26. The zero-order valence-corrected chi connectivity index (χ0v) is 9.25. The van der Waals surface area contributed by atoms with E-state index in [1.807, 2.05) is 30.3 Å². The van der Waals surface area contributed by atoms with Crippen molar-refractivity contribution in [2.45, 2.75) is 11.8 Å². The molecule has 0 bridgehead atoms. The predicted octanol–water partition coefficient (Wildman–Crippen LogP) is 2.92. The summed E-state index contributed by atoms with van der Waals surface area (Å²) in [6.45, 7) is 1.61. The average molecular weight is 217 g/mol. The lowest BCUT2D eigenvalue weighted by atomic mass is 10.2. The molecule has 0 spiro atoms. The van der Waals surface area contributed by atoms with Crippen LogP contribution in [0, 0.1) is 0 Å². The van der Waals surface area contributed by atoms with Crippen LogP contribution >= 0.6 is 11.8 Å². The van der Waals surface area contributed by atoms with Crippen molar-refractivity contribution in [2.75, 3.05) is 5.75 Å². The summed E-state index contributed by atoms with van der Waals surface area (Å²) in [6.07, 6.45) is 1.78. The zero-order valence-electron chi connectivity index (χ0n) is 8.43. The van der Waals surface area contributed by atoms with Gasteiger partial charge in [0.25, 0.3) is 0 Å². The van der Waals surface area contributed by atoms with E-state index in [0.29, 0.717) is 5.75 Å². The van der Waals surface area contributed by atoms with Crippen molar-refractivity contribution in [1.29, 1.82) is 0 Å². The minimum atomic E-state index is 0.195. The third-order valence-electron chi connectivity index (χ3n) is 2.04. The molecule has 15 heavy (non-hydrogen) atoms. The first-order chi connectivity index (χ1) is 7.27. The Hall–Kier alpha value is -1.35. The fourth-order valence-corrected chi connectivity index (χ4v) is 2.22. The van der Waals surface area contributed by atoms with Crippen molar-refractivity contribution >= 4 is 28.4 Å². The summed E-state index contributed by atoms with van der Waals surface area (Å²) in [5.41, 5.74) is 0.978. The molecule has 76 valence electrons. The molecule has 0 saturated heterocycles. The number of ketones is 1. The van der Waals surface area contributed by atoms with Crippen LogP contribution in [0.4, 0.5) is 0 Å². The Morgan fingerprint density at radius 2 is 2.13 bits per heavy atom. The van der Waals surface area contributed by atoms with Crippen LogP contribution in [0.2, 0.25) is 0 Å². The molecule has 2 aromatic rings. The molecule has 3 heteroatoms. The Bertz CT molecular complexity index is 490. The number of benzene rings is 1. The first kappa shape index (κ1) is 10.2. The zero-order chi connectivity index (χ0) is 10.7. The van der Waals surface area contributed by atoms with Gasteiger partial charge >= 0.3 is 0 Å². The molecule has 0 unspecified atom stereocenters. The Morgan fingerprint density at radius 3 is 2.93 bits per heavy atom. The molecule has 0 saturated carbocycles. The summed E-state index contributed by atoms with van der Waals surface area (Å²) in [4.78, 5) is 16.3. The van der Waals surface area contributed by atoms with Crippen LogP contribution in [0.5, 0.6) is 0 Å². The SMILES string of the molecule is CC(=O)CSc1ccnc2ccccc12. The van der Waals surface area contributed by atoms with E-state index in [0.717, 1.165) is 15.8 Å². The second-order valence-electron chi connectivity index (χ2n) is 3.32. The van der Waals surface area contributed by atoms with E-state index in [1.54, 1.807) is 24.9 Å². The van der Waals surface area contributed by atoms with E-state index in [1.165, 1.54) is 0 Å². The number of hydrogen-bond acceptors (Lipinski definition) is 3. The number of carbonyl (C=O) groups is 1. The maximum absolute atomic E-state index is 10.9. The van der Waals surface area contributed by atoms with Crippen molar-refractivity contribution in [2.24, 2.45) is 0 Å². The highest BCUT2D eigenvalue weighted by molar-refractivity contribution is 8.00. The highest BCUT2D eigenvalue weighted by Crippen LogP contribution is 2.26. The first-order valence-corrected chi connectivity index (χ1v) is 5.72. The summed E-state index contributed by atoms with van der Waals surface area (Å²) in [6, 6.07) is 9.92. The maximum atomic E-state index is 10.9. The molecule has 0 amide bonds. The lowest BCUT2D eigenvalue weighted by Gasteiger charge is -2.03. The van der Waals surface area contributed by atoms with Crippen LogP contribution < -0.4 is 0 Å². The Labute approximate surface area is 92.7 Å². The lowest BCUT2D eigenvalue weighted by molar-refractivity contribution is -0.114. The Kier molecular flexibility index (Phi) is 3.02. The minimum Gasteiger partial charge on any atom is -0.299 e. The van der Waals surface area contributed by atoms with E-state index in [4.69, 9.17) is 0 Å². The van der Waals surface area contributed by atoms with Crippen LogP contribution in [0.3, 0.4) is 0 Å². The van der Waals surface area contributed by atoms with Gasteiger partial charge in [-0.25, -0.2) is 0 Å². The number of para-hydroxylation sites is 1. The van der Waals surface area contributed by atoms with E-state index < -0.39 is 0 Å². The van der Waals surface area contributed by atoms with E-state index in [2.05, 4.69) is 4.98 Å². The quantitative estimate of drug-likeness (QED) is 0.740. The highest BCUT2D eigenvalue weighted by Gasteiger charge is 2.02.